The van der Waals surface area contributed by atoms with E-state index >= 15 is 0 Å². The Morgan fingerprint density at radius 3 is 2.67 bits per heavy atom. The molecular formula is C22H23N5O3. The van der Waals surface area contributed by atoms with E-state index in [4.69, 9.17) is 10.5 Å². The van der Waals surface area contributed by atoms with Gasteiger partial charge in [0.15, 0.2) is 0 Å². The van der Waals surface area contributed by atoms with Gasteiger partial charge in [-0.2, -0.15) is 0 Å². The van der Waals surface area contributed by atoms with Crippen LogP contribution in [0.25, 0.3) is 16.7 Å². The molecule has 4 rings (SSSR count). The van der Waals surface area contributed by atoms with Crippen molar-refractivity contribution >= 4 is 28.3 Å². The molecule has 0 saturated carbocycles. The van der Waals surface area contributed by atoms with E-state index in [2.05, 4.69) is 15.3 Å². The number of pyridine rings is 2. The highest BCUT2D eigenvalue weighted by molar-refractivity contribution is 5.94. The third-order valence-corrected chi connectivity index (χ3v) is 4.98. The number of amides is 1. The van der Waals surface area contributed by atoms with Crippen molar-refractivity contribution in [2.24, 2.45) is 5.73 Å². The van der Waals surface area contributed by atoms with Gasteiger partial charge in [-0.1, -0.05) is 0 Å². The van der Waals surface area contributed by atoms with E-state index in [0.717, 1.165) is 16.8 Å². The topological polar surface area (TPSA) is 113 Å². The molecule has 0 spiro atoms. The molecule has 1 aromatic carbocycles. The van der Waals surface area contributed by atoms with Gasteiger partial charge in [0, 0.05) is 41.6 Å². The highest BCUT2D eigenvalue weighted by atomic mass is 16.5. The first-order chi connectivity index (χ1) is 14.5. The fraction of sp³-hybridized carbons (Fsp3) is 0.227. The second-order valence-corrected chi connectivity index (χ2v) is 7.13. The van der Waals surface area contributed by atoms with Crippen LogP contribution in [0.2, 0.25) is 0 Å². The number of fused-ring (bicyclic) bond motifs is 1. The zero-order chi connectivity index (χ0) is 21.1. The van der Waals surface area contributed by atoms with E-state index in [1.165, 1.54) is 0 Å². The molecule has 8 heteroatoms. The number of hydrogen-bond acceptors (Lipinski definition) is 6. The highest BCUT2D eigenvalue weighted by Crippen LogP contribution is 2.15. The molecule has 2 aromatic heterocycles. The van der Waals surface area contributed by atoms with Crippen molar-refractivity contribution in [2.75, 3.05) is 31.6 Å². The Balaban J connectivity index is 1.48. The fourth-order valence-corrected chi connectivity index (χ4v) is 3.29. The van der Waals surface area contributed by atoms with Crippen LogP contribution in [0.1, 0.15) is 21.6 Å². The Kier molecular flexibility index (Phi) is 5.49. The van der Waals surface area contributed by atoms with Crippen LogP contribution in [0.15, 0.2) is 53.5 Å². The number of aryl methyl sites for hydroxylation is 1. The summed E-state index contributed by atoms with van der Waals surface area (Å²) in [5, 5.41) is 3.88. The lowest BCUT2D eigenvalue weighted by molar-refractivity contribution is 0.0303. The van der Waals surface area contributed by atoms with Crippen LogP contribution >= 0.6 is 0 Å². The summed E-state index contributed by atoms with van der Waals surface area (Å²) in [5.74, 6) is -0.00792. The molecule has 30 heavy (non-hydrogen) atoms. The highest BCUT2D eigenvalue weighted by Gasteiger charge is 2.18. The van der Waals surface area contributed by atoms with Gasteiger partial charge in [-0.15, -0.1) is 0 Å². The number of morpholine rings is 1. The number of ether oxygens (including phenoxy) is 1. The number of carbonyl (C=O) groups is 1. The minimum atomic E-state index is -0.303. The van der Waals surface area contributed by atoms with E-state index in [9.17, 15) is 9.59 Å². The van der Waals surface area contributed by atoms with E-state index in [1.54, 1.807) is 41.4 Å². The van der Waals surface area contributed by atoms with Crippen molar-refractivity contribution in [3.05, 3.63) is 75.8 Å². The van der Waals surface area contributed by atoms with Crippen LogP contribution in [0, 0.1) is 6.92 Å². The van der Waals surface area contributed by atoms with Gasteiger partial charge in [0.2, 0.25) is 0 Å². The first kappa shape index (κ1) is 19.7. The molecule has 0 radical (unpaired) electrons. The van der Waals surface area contributed by atoms with Crippen molar-refractivity contribution in [1.82, 2.24) is 14.9 Å². The smallest absolute Gasteiger partial charge is 0.259 e. The maximum atomic E-state index is 12.5. The maximum Gasteiger partial charge on any atom is 0.259 e. The summed E-state index contributed by atoms with van der Waals surface area (Å²) < 4.78 is 5.28. The predicted molar refractivity (Wildman–Crippen MR) is 116 cm³/mol. The number of anilines is 1. The quantitative estimate of drug-likeness (QED) is 0.612. The Morgan fingerprint density at radius 1 is 1.20 bits per heavy atom. The standard InChI is InChI=1S/C22H23N5O3/c1-14-2-3-16-12-18(21(28)26-20(16)25-14)19(23)13-24-17-6-4-15(5-7-17)22(29)27-8-10-30-11-9-27/h2-7,12-13,24H,8-11,23H2,1H3,(H,25,26,28)/b19-13-. The lowest BCUT2D eigenvalue weighted by atomic mass is 10.1. The normalized spacial score (nSPS) is 14.7. The molecule has 1 fully saturated rings. The zero-order valence-electron chi connectivity index (χ0n) is 16.6. The minimum Gasteiger partial charge on any atom is -0.397 e. The predicted octanol–water partition coefficient (Wildman–Crippen LogP) is 2.07. The van der Waals surface area contributed by atoms with E-state index in [-0.39, 0.29) is 11.5 Å². The lowest BCUT2D eigenvalue weighted by Crippen LogP contribution is -2.40. The molecule has 3 aromatic rings. The zero-order valence-corrected chi connectivity index (χ0v) is 16.6. The van der Waals surface area contributed by atoms with Gasteiger partial charge in [0.05, 0.1) is 24.5 Å². The van der Waals surface area contributed by atoms with Crippen molar-refractivity contribution in [3.63, 3.8) is 0 Å². The van der Waals surface area contributed by atoms with Gasteiger partial charge >= 0.3 is 0 Å². The Hall–Kier alpha value is -3.65. The lowest BCUT2D eigenvalue weighted by Gasteiger charge is -2.26. The molecule has 3 heterocycles. The molecule has 1 saturated heterocycles. The van der Waals surface area contributed by atoms with Gasteiger partial charge in [-0.3, -0.25) is 9.59 Å². The molecule has 1 amide bonds. The Bertz CT molecular complexity index is 1160. The first-order valence-corrected chi connectivity index (χ1v) is 9.71. The fourth-order valence-electron chi connectivity index (χ4n) is 3.29. The monoisotopic (exact) mass is 405 g/mol. The first-order valence-electron chi connectivity index (χ1n) is 9.71. The van der Waals surface area contributed by atoms with Crippen LogP contribution in [0.5, 0.6) is 0 Å². The van der Waals surface area contributed by atoms with Crippen LogP contribution in [0.3, 0.4) is 0 Å². The van der Waals surface area contributed by atoms with Crippen molar-refractivity contribution in [3.8, 4) is 0 Å². The summed E-state index contributed by atoms with van der Waals surface area (Å²) in [6, 6.07) is 12.6. The van der Waals surface area contributed by atoms with Crippen molar-refractivity contribution in [1.29, 1.82) is 0 Å². The van der Waals surface area contributed by atoms with Crippen LogP contribution in [0.4, 0.5) is 5.69 Å². The third-order valence-electron chi connectivity index (χ3n) is 4.98. The number of benzene rings is 1. The SMILES string of the molecule is Cc1ccc2cc(/C(N)=C/Nc3ccc(C(=O)N4CCOCC4)cc3)c(=O)[nH]c2n1. The Labute approximate surface area is 173 Å². The molecular weight excluding hydrogens is 382 g/mol. The van der Waals surface area contributed by atoms with Gasteiger partial charge < -0.3 is 25.7 Å². The van der Waals surface area contributed by atoms with Crippen LogP contribution < -0.4 is 16.6 Å². The van der Waals surface area contributed by atoms with E-state index < -0.39 is 0 Å². The summed E-state index contributed by atoms with van der Waals surface area (Å²) in [6.07, 6.45) is 1.57. The molecule has 0 atom stereocenters. The van der Waals surface area contributed by atoms with E-state index in [0.29, 0.717) is 48.8 Å². The number of rotatable bonds is 4. The minimum absolute atomic E-state index is 0.00792. The van der Waals surface area contributed by atoms with E-state index in [1.807, 2.05) is 19.1 Å². The molecule has 154 valence electrons. The summed E-state index contributed by atoms with van der Waals surface area (Å²) in [6.45, 7) is 4.21. The number of hydrogen-bond donors (Lipinski definition) is 3. The number of nitrogens with one attached hydrogen (secondary N) is 2. The van der Waals surface area contributed by atoms with Gasteiger partial charge in [-0.25, -0.2) is 4.98 Å². The second kappa shape index (κ2) is 8.38. The molecule has 4 N–H and O–H groups in total. The molecule has 8 nitrogen and oxygen atoms in total. The molecule has 0 unspecified atom stereocenters. The number of aromatic nitrogens is 2. The molecule has 1 aliphatic rings. The summed E-state index contributed by atoms with van der Waals surface area (Å²) in [5.41, 5.74) is 9.21. The summed E-state index contributed by atoms with van der Waals surface area (Å²) in [4.78, 5) is 33.7. The number of nitrogens with two attached hydrogens (primary N) is 1. The maximum absolute atomic E-state index is 12.5. The third kappa shape index (κ3) is 4.18. The second-order valence-electron chi connectivity index (χ2n) is 7.13. The molecule has 1 aliphatic heterocycles. The van der Waals surface area contributed by atoms with Gasteiger partial charge in [-0.05, 0) is 49.4 Å². The number of aromatic amines is 1. The number of H-pyrrole nitrogens is 1. The van der Waals surface area contributed by atoms with Crippen LogP contribution in [-0.4, -0.2) is 47.1 Å². The molecule has 0 bridgehead atoms. The average Bonchev–Trinajstić information content (AvgIpc) is 2.77. The summed E-state index contributed by atoms with van der Waals surface area (Å²) >= 11 is 0. The van der Waals surface area contributed by atoms with Gasteiger partial charge in [0.1, 0.15) is 5.65 Å². The van der Waals surface area contributed by atoms with Crippen molar-refractivity contribution in [2.45, 2.75) is 6.92 Å². The number of nitrogens with zero attached hydrogens (tertiary/aromatic N) is 2. The van der Waals surface area contributed by atoms with Gasteiger partial charge in [0.25, 0.3) is 11.5 Å². The number of carbonyl (C=O) groups excluding carboxylic acids is 1. The average molecular weight is 405 g/mol. The largest absolute Gasteiger partial charge is 0.397 e. The molecule has 0 aliphatic carbocycles. The summed E-state index contributed by atoms with van der Waals surface area (Å²) in [7, 11) is 0. The van der Waals surface area contributed by atoms with Crippen LogP contribution in [-0.2, 0) is 4.74 Å². The van der Waals surface area contributed by atoms with Crippen molar-refractivity contribution < 1.29 is 9.53 Å². The Morgan fingerprint density at radius 2 is 1.93 bits per heavy atom.